The molecule has 0 saturated heterocycles. The second-order valence-corrected chi connectivity index (χ2v) is 8.59. The van der Waals surface area contributed by atoms with Gasteiger partial charge in [-0.2, -0.15) is 0 Å². The summed E-state index contributed by atoms with van der Waals surface area (Å²) in [5.41, 5.74) is 5.05. The van der Waals surface area contributed by atoms with Gasteiger partial charge in [-0.15, -0.1) is 10.2 Å². The molecule has 6 nitrogen and oxygen atoms in total. The summed E-state index contributed by atoms with van der Waals surface area (Å²) in [6, 6.07) is 13.7. The van der Waals surface area contributed by atoms with Crippen LogP contribution >= 0.6 is 11.8 Å². The van der Waals surface area contributed by atoms with Crippen LogP contribution in [0.15, 0.2) is 52.4 Å². The number of nitrogens with one attached hydrogen (secondary N) is 1. The fourth-order valence-electron chi connectivity index (χ4n) is 3.64. The Bertz CT molecular complexity index is 1290. The van der Waals surface area contributed by atoms with Gasteiger partial charge in [0.05, 0.1) is 5.52 Å². The average molecular weight is 435 g/mol. The van der Waals surface area contributed by atoms with Crippen LogP contribution in [0.2, 0.25) is 0 Å². The van der Waals surface area contributed by atoms with Crippen molar-refractivity contribution in [2.75, 3.05) is 0 Å². The van der Waals surface area contributed by atoms with E-state index in [1.807, 2.05) is 57.2 Å². The van der Waals surface area contributed by atoms with Gasteiger partial charge in [0.15, 0.2) is 16.4 Å². The fraction of sp³-hybridized carbons (Fsp3) is 0.292. The first-order chi connectivity index (χ1) is 15.0. The SMILES string of the molecule is CCn1c(COc2cccc(C)c2)nnc1SCc1cc(=O)c2c(C)ccc(C)c2[nH]1. The first-order valence-electron chi connectivity index (χ1n) is 10.3. The topological polar surface area (TPSA) is 72.8 Å². The molecule has 160 valence electrons. The number of rotatable bonds is 7. The van der Waals surface area contributed by atoms with E-state index in [2.05, 4.69) is 26.7 Å². The lowest BCUT2D eigenvalue weighted by molar-refractivity contribution is 0.288. The second-order valence-electron chi connectivity index (χ2n) is 7.65. The highest BCUT2D eigenvalue weighted by Crippen LogP contribution is 2.24. The standard InChI is InChI=1S/C24H26N4O2S/c1-5-28-21(13-30-19-8-6-7-15(2)11-19)26-27-24(28)31-14-18-12-20(29)22-16(3)9-10-17(4)23(22)25-18/h6-12H,5,13-14H2,1-4H3,(H,25,29). The molecule has 0 spiro atoms. The number of fused-ring (bicyclic) bond motifs is 1. The number of nitrogens with zero attached hydrogens (tertiary/aromatic N) is 3. The molecule has 0 bridgehead atoms. The summed E-state index contributed by atoms with van der Waals surface area (Å²) < 4.78 is 7.95. The fourth-order valence-corrected chi connectivity index (χ4v) is 4.57. The van der Waals surface area contributed by atoms with Crippen molar-refractivity contribution >= 4 is 22.7 Å². The molecule has 0 unspecified atom stereocenters. The molecule has 0 radical (unpaired) electrons. The minimum absolute atomic E-state index is 0.0507. The highest BCUT2D eigenvalue weighted by Gasteiger charge is 2.14. The second kappa shape index (κ2) is 8.98. The molecule has 7 heteroatoms. The van der Waals surface area contributed by atoms with Gasteiger partial charge in [0.1, 0.15) is 12.4 Å². The number of thioether (sulfide) groups is 1. The van der Waals surface area contributed by atoms with E-state index in [4.69, 9.17) is 4.74 Å². The van der Waals surface area contributed by atoms with Crippen molar-refractivity contribution in [3.05, 3.63) is 80.9 Å². The van der Waals surface area contributed by atoms with Crippen molar-refractivity contribution in [2.24, 2.45) is 0 Å². The van der Waals surface area contributed by atoms with E-state index >= 15 is 0 Å². The third-order valence-electron chi connectivity index (χ3n) is 5.28. The van der Waals surface area contributed by atoms with E-state index in [-0.39, 0.29) is 5.43 Å². The molecule has 0 aliphatic heterocycles. The summed E-state index contributed by atoms with van der Waals surface area (Å²) >= 11 is 1.56. The molecule has 4 rings (SSSR count). The van der Waals surface area contributed by atoms with Gasteiger partial charge >= 0.3 is 0 Å². The molecule has 0 aliphatic carbocycles. The Labute approximate surface area is 185 Å². The Morgan fingerprint density at radius 1 is 1.06 bits per heavy atom. The smallest absolute Gasteiger partial charge is 0.191 e. The van der Waals surface area contributed by atoms with Crippen molar-refractivity contribution in [1.82, 2.24) is 19.7 Å². The molecule has 0 amide bonds. The number of pyridine rings is 1. The molecule has 1 N–H and O–H groups in total. The maximum absolute atomic E-state index is 12.7. The molecule has 2 heterocycles. The minimum atomic E-state index is 0.0507. The number of aryl methyl sites for hydroxylation is 3. The zero-order valence-electron chi connectivity index (χ0n) is 18.2. The van der Waals surface area contributed by atoms with Gasteiger partial charge in [0.25, 0.3) is 0 Å². The van der Waals surface area contributed by atoms with Gasteiger partial charge in [0, 0.05) is 29.4 Å². The number of hydrogen-bond donors (Lipinski definition) is 1. The van der Waals surface area contributed by atoms with Crippen LogP contribution in [-0.2, 0) is 18.9 Å². The van der Waals surface area contributed by atoms with E-state index in [9.17, 15) is 4.79 Å². The van der Waals surface area contributed by atoms with Crippen molar-refractivity contribution < 1.29 is 4.74 Å². The summed E-state index contributed by atoms with van der Waals surface area (Å²) in [7, 11) is 0. The summed E-state index contributed by atoms with van der Waals surface area (Å²) in [5.74, 6) is 2.21. The molecule has 0 saturated carbocycles. The minimum Gasteiger partial charge on any atom is -0.486 e. The van der Waals surface area contributed by atoms with Crippen LogP contribution in [0.1, 0.15) is 35.1 Å². The quantitative estimate of drug-likeness (QED) is 0.417. The van der Waals surface area contributed by atoms with Crippen LogP contribution in [-0.4, -0.2) is 19.7 Å². The Morgan fingerprint density at radius 2 is 1.87 bits per heavy atom. The van der Waals surface area contributed by atoms with Crippen molar-refractivity contribution in [1.29, 1.82) is 0 Å². The average Bonchev–Trinajstić information content (AvgIpc) is 3.15. The lowest BCUT2D eigenvalue weighted by Crippen LogP contribution is -2.08. The van der Waals surface area contributed by atoms with Crippen LogP contribution < -0.4 is 10.2 Å². The zero-order valence-corrected chi connectivity index (χ0v) is 19.0. The van der Waals surface area contributed by atoms with Crippen molar-refractivity contribution in [2.45, 2.75) is 51.8 Å². The van der Waals surface area contributed by atoms with Crippen LogP contribution in [0.25, 0.3) is 10.9 Å². The number of ether oxygens (including phenoxy) is 1. The number of benzene rings is 2. The highest BCUT2D eigenvalue weighted by molar-refractivity contribution is 7.98. The Balaban J connectivity index is 1.51. The first-order valence-corrected chi connectivity index (χ1v) is 11.3. The lowest BCUT2D eigenvalue weighted by atomic mass is 10.0. The summed E-state index contributed by atoms with van der Waals surface area (Å²) in [5, 5.41) is 10.3. The molecular weight excluding hydrogens is 408 g/mol. The predicted molar refractivity (Wildman–Crippen MR) is 125 cm³/mol. The Hall–Kier alpha value is -3.06. The van der Waals surface area contributed by atoms with Crippen LogP contribution in [0, 0.1) is 20.8 Å². The summed E-state index contributed by atoms with van der Waals surface area (Å²) in [4.78, 5) is 16.1. The Morgan fingerprint density at radius 3 is 2.65 bits per heavy atom. The molecule has 0 atom stereocenters. The summed E-state index contributed by atoms with van der Waals surface area (Å²) in [6.07, 6.45) is 0. The van der Waals surface area contributed by atoms with E-state index in [1.54, 1.807) is 17.8 Å². The molecule has 2 aromatic carbocycles. The molecule has 2 aromatic heterocycles. The van der Waals surface area contributed by atoms with E-state index in [1.165, 1.54) is 0 Å². The zero-order chi connectivity index (χ0) is 22.0. The third kappa shape index (κ3) is 4.51. The van der Waals surface area contributed by atoms with Crippen LogP contribution in [0.5, 0.6) is 5.75 Å². The van der Waals surface area contributed by atoms with E-state index in [0.717, 1.165) is 56.6 Å². The van der Waals surface area contributed by atoms with Crippen molar-refractivity contribution in [3.8, 4) is 5.75 Å². The number of aromatic nitrogens is 4. The number of hydrogen-bond acceptors (Lipinski definition) is 5. The summed E-state index contributed by atoms with van der Waals surface area (Å²) in [6.45, 7) is 9.19. The maximum Gasteiger partial charge on any atom is 0.191 e. The van der Waals surface area contributed by atoms with Gasteiger partial charge in [-0.3, -0.25) is 4.79 Å². The Kier molecular flexibility index (Phi) is 6.13. The van der Waals surface area contributed by atoms with Gasteiger partial charge in [-0.05, 0) is 56.5 Å². The van der Waals surface area contributed by atoms with E-state index < -0.39 is 0 Å². The van der Waals surface area contributed by atoms with Gasteiger partial charge in [-0.1, -0.05) is 36.0 Å². The number of H-pyrrole nitrogens is 1. The maximum atomic E-state index is 12.7. The first kappa shape index (κ1) is 21.2. The third-order valence-corrected chi connectivity index (χ3v) is 6.30. The number of aromatic amines is 1. The van der Waals surface area contributed by atoms with Crippen molar-refractivity contribution in [3.63, 3.8) is 0 Å². The van der Waals surface area contributed by atoms with Crippen LogP contribution in [0.4, 0.5) is 0 Å². The van der Waals surface area contributed by atoms with Crippen LogP contribution in [0.3, 0.4) is 0 Å². The normalized spacial score (nSPS) is 11.2. The van der Waals surface area contributed by atoms with E-state index in [0.29, 0.717) is 12.4 Å². The van der Waals surface area contributed by atoms with Gasteiger partial charge in [0.2, 0.25) is 0 Å². The molecule has 4 aromatic rings. The molecule has 0 aliphatic rings. The predicted octanol–water partition coefficient (Wildman–Crippen LogP) is 4.94. The highest BCUT2D eigenvalue weighted by atomic mass is 32.2. The molecule has 0 fully saturated rings. The van der Waals surface area contributed by atoms with Gasteiger partial charge in [-0.25, -0.2) is 0 Å². The largest absolute Gasteiger partial charge is 0.486 e. The monoisotopic (exact) mass is 434 g/mol. The molecular formula is C24H26N4O2S. The van der Waals surface area contributed by atoms with Gasteiger partial charge < -0.3 is 14.3 Å². The molecule has 31 heavy (non-hydrogen) atoms. The lowest BCUT2D eigenvalue weighted by Gasteiger charge is -2.10.